The number of rotatable bonds is 5. The normalized spacial score (nSPS) is 11.9. The zero-order valence-electron chi connectivity index (χ0n) is 11.3. The highest BCUT2D eigenvalue weighted by molar-refractivity contribution is 7.87. The van der Waals surface area contributed by atoms with E-state index in [-0.39, 0.29) is 6.54 Å². The number of hydrogen-bond acceptors (Lipinski definition) is 5. The van der Waals surface area contributed by atoms with Crippen LogP contribution in [0.1, 0.15) is 11.4 Å². The zero-order chi connectivity index (χ0) is 13.9. The number of nitrogens with zero attached hydrogens (tertiary/aromatic N) is 4. The molecule has 0 aliphatic heterocycles. The van der Waals surface area contributed by atoms with Gasteiger partial charge in [0.2, 0.25) is 5.95 Å². The lowest BCUT2D eigenvalue weighted by Crippen LogP contribution is -2.35. The molecule has 0 aliphatic carbocycles. The van der Waals surface area contributed by atoms with Crippen molar-refractivity contribution >= 4 is 16.2 Å². The molecule has 102 valence electrons. The highest BCUT2D eigenvalue weighted by Gasteiger charge is 2.13. The monoisotopic (exact) mass is 273 g/mol. The lowest BCUT2D eigenvalue weighted by Gasteiger charge is -2.14. The summed E-state index contributed by atoms with van der Waals surface area (Å²) < 4.78 is 26.7. The Morgan fingerprint density at radius 1 is 1.22 bits per heavy atom. The molecule has 0 aromatic carbocycles. The van der Waals surface area contributed by atoms with Crippen LogP contribution in [0.5, 0.6) is 0 Å². The second kappa shape index (κ2) is 5.59. The van der Waals surface area contributed by atoms with Crippen LogP contribution in [0.25, 0.3) is 0 Å². The largest absolute Gasteiger partial charge is 0.347 e. The molecule has 1 aromatic rings. The summed E-state index contributed by atoms with van der Waals surface area (Å²) in [5.74, 6) is 0.564. The van der Waals surface area contributed by atoms with Crippen LogP contribution in [-0.4, -0.2) is 50.9 Å². The van der Waals surface area contributed by atoms with Gasteiger partial charge in [-0.1, -0.05) is 0 Å². The Hall–Kier alpha value is -1.25. The summed E-state index contributed by atoms with van der Waals surface area (Å²) in [5, 5.41) is 0. The van der Waals surface area contributed by atoms with Gasteiger partial charge in [0.05, 0.1) is 12.2 Å². The van der Waals surface area contributed by atoms with E-state index < -0.39 is 10.2 Å². The van der Waals surface area contributed by atoms with Gasteiger partial charge in [-0.3, -0.25) is 0 Å². The Kier molecular flexibility index (Phi) is 4.60. The summed E-state index contributed by atoms with van der Waals surface area (Å²) in [6, 6.07) is 1.76. The minimum Gasteiger partial charge on any atom is -0.347 e. The average molecular weight is 273 g/mol. The third kappa shape index (κ3) is 3.90. The van der Waals surface area contributed by atoms with E-state index >= 15 is 0 Å². The number of nitrogens with one attached hydrogen (secondary N) is 1. The molecule has 1 heterocycles. The second-order valence-corrected chi connectivity index (χ2v) is 6.27. The maximum atomic E-state index is 11.6. The van der Waals surface area contributed by atoms with E-state index in [1.165, 1.54) is 14.1 Å². The summed E-state index contributed by atoms with van der Waals surface area (Å²) in [6.45, 7) is 1.99. The van der Waals surface area contributed by atoms with E-state index in [2.05, 4.69) is 14.7 Å². The molecule has 8 heteroatoms. The maximum absolute atomic E-state index is 11.6. The first-order valence-corrected chi connectivity index (χ1v) is 6.85. The number of aryl methyl sites for hydroxylation is 1. The van der Waals surface area contributed by atoms with Crippen molar-refractivity contribution in [3.63, 3.8) is 0 Å². The van der Waals surface area contributed by atoms with Crippen molar-refractivity contribution in [2.24, 2.45) is 0 Å². The van der Waals surface area contributed by atoms with E-state index in [0.717, 1.165) is 10.00 Å². The summed E-state index contributed by atoms with van der Waals surface area (Å²) >= 11 is 0. The van der Waals surface area contributed by atoms with Gasteiger partial charge in [0, 0.05) is 33.9 Å². The molecular weight excluding hydrogens is 254 g/mol. The third-order valence-electron chi connectivity index (χ3n) is 2.21. The molecule has 18 heavy (non-hydrogen) atoms. The average Bonchev–Trinajstić information content (AvgIpc) is 2.25. The fourth-order valence-corrected chi connectivity index (χ4v) is 1.79. The Morgan fingerprint density at radius 2 is 1.83 bits per heavy atom. The first-order valence-electron chi connectivity index (χ1n) is 5.41. The summed E-state index contributed by atoms with van der Waals surface area (Å²) in [4.78, 5) is 10.3. The van der Waals surface area contributed by atoms with Crippen molar-refractivity contribution in [2.45, 2.75) is 13.5 Å². The molecular formula is C10H19N5O2S. The molecule has 0 saturated heterocycles. The molecule has 0 amide bonds. The van der Waals surface area contributed by atoms with Gasteiger partial charge in [-0.05, 0) is 13.0 Å². The highest BCUT2D eigenvalue weighted by Crippen LogP contribution is 2.07. The molecule has 0 aliphatic rings. The molecule has 1 aromatic heterocycles. The summed E-state index contributed by atoms with van der Waals surface area (Å²) in [5.41, 5.74) is 1.43. The molecule has 0 fully saturated rings. The van der Waals surface area contributed by atoms with Crippen LogP contribution in [0, 0.1) is 6.92 Å². The molecule has 1 rings (SSSR count). The number of hydrogen-bond donors (Lipinski definition) is 1. The van der Waals surface area contributed by atoms with Crippen LogP contribution in [-0.2, 0) is 16.8 Å². The Labute approximate surface area is 108 Å². The van der Waals surface area contributed by atoms with Crippen molar-refractivity contribution < 1.29 is 8.42 Å². The molecule has 0 bridgehead atoms. The van der Waals surface area contributed by atoms with Crippen LogP contribution in [0.2, 0.25) is 0 Å². The van der Waals surface area contributed by atoms with Crippen molar-refractivity contribution in [1.82, 2.24) is 19.0 Å². The fourth-order valence-electron chi connectivity index (χ4n) is 1.20. The maximum Gasteiger partial charge on any atom is 0.279 e. The van der Waals surface area contributed by atoms with Crippen molar-refractivity contribution in [1.29, 1.82) is 0 Å². The Balaban J connectivity index is 2.86. The van der Waals surface area contributed by atoms with Crippen LogP contribution in [0.15, 0.2) is 6.07 Å². The third-order valence-corrected chi connectivity index (χ3v) is 3.68. The molecule has 0 unspecified atom stereocenters. The van der Waals surface area contributed by atoms with Crippen LogP contribution in [0.4, 0.5) is 5.95 Å². The van der Waals surface area contributed by atoms with Gasteiger partial charge >= 0.3 is 0 Å². The smallest absolute Gasteiger partial charge is 0.279 e. The highest BCUT2D eigenvalue weighted by atomic mass is 32.2. The second-order valence-electron chi connectivity index (χ2n) is 4.30. The van der Waals surface area contributed by atoms with E-state index in [9.17, 15) is 8.42 Å². The van der Waals surface area contributed by atoms with Gasteiger partial charge in [-0.15, -0.1) is 0 Å². The SMILES string of the molecule is Cc1cc(CNS(=O)(=O)N(C)C)nc(N(C)C)n1. The zero-order valence-corrected chi connectivity index (χ0v) is 12.1. The van der Waals surface area contributed by atoms with Gasteiger partial charge < -0.3 is 4.90 Å². The van der Waals surface area contributed by atoms with Crippen LogP contribution >= 0.6 is 0 Å². The first kappa shape index (κ1) is 14.8. The number of aromatic nitrogens is 2. The quantitative estimate of drug-likeness (QED) is 0.800. The fraction of sp³-hybridized carbons (Fsp3) is 0.600. The molecule has 0 saturated carbocycles. The van der Waals surface area contributed by atoms with Crippen LogP contribution in [0.3, 0.4) is 0 Å². The summed E-state index contributed by atoms with van der Waals surface area (Å²) in [6.07, 6.45) is 0. The molecule has 1 N–H and O–H groups in total. The first-order chi connectivity index (χ1) is 8.22. The topological polar surface area (TPSA) is 78.4 Å². The standard InChI is InChI=1S/C10H19N5O2S/c1-8-6-9(13-10(12-8)14(2)3)7-11-18(16,17)15(4)5/h6,11H,7H2,1-5H3. The van der Waals surface area contributed by atoms with E-state index in [4.69, 9.17) is 0 Å². The van der Waals surface area contributed by atoms with Gasteiger partial charge in [0.15, 0.2) is 0 Å². The van der Waals surface area contributed by atoms with Crippen molar-refractivity contribution in [3.8, 4) is 0 Å². The van der Waals surface area contributed by atoms with Crippen molar-refractivity contribution in [3.05, 3.63) is 17.5 Å². The van der Waals surface area contributed by atoms with E-state index in [1.807, 2.05) is 21.0 Å². The van der Waals surface area contributed by atoms with Crippen LogP contribution < -0.4 is 9.62 Å². The Bertz CT molecular complexity index is 513. The van der Waals surface area contributed by atoms with Gasteiger partial charge in [-0.25, -0.2) is 9.97 Å². The Morgan fingerprint density at radius 3 is 2.33 bits per heavy atom. The van der Waals surface area contributed by atoms with E-state index in [1.54, 1.807) is 11.0 Å². The van der Waals surface area contributed by atoms with Gasteiger partial charge in [0.1, 0.15) is 0 Å². The van der Waals surface area contributed by atoms with Crippen molar-refractivity contribution in [2.75, 3.05) is 33.1 Å². The van der Waals surface area contributed by atoms with E-state index in [0.29, 0.717) is 11.6 Å². The molecule has 0 radical (unpaired) electrons. The molecule has 0 spiro atoms. The van der Waals surface area contributed by atoms with Gasteiger partial charge in [0.25, 0.3) is 10.2 Å². The minimum absolute atomic E-state index is 0.144. The lowest BCUT2D eigenvalue weighted by atomic mass is 10.3. The molecule has 7 nitrogen and oxygen atoms in total. The minimum atomic E-state index is -3.43. The predicted octanol–water partition coefficient (Wildman–Crippen LogP) is -0.253. The predicted molar refractivity (Wildman–Crippen MR) is 70.5 cm³/mol. The summed E-state index contributed by atoms with van der Waals surface area (Å²) in [7, 11) is 3.18. The molecule has 0 atom stereocenters. The number of anilines is 1. The van der Waals surface area contributed by atoms with Gasteiger partial charge in [-0.2, -0.15) is 17.4 Å². The lowest BCUT2D eigenvalue weighted by molar-refractivity contribution is 0.504.